The van der Waals surface area contributed by atoms with Crippen LogP contribution in [0.2, 0.25) is 0 Å². The number of phenols is 2. The van der Waals surface area contributed by atoms with Crippen LogP contribution in [-0.4, -0.2) is 26.4 Å². The van der Waals surface area contributed by atoms with Gasteiger partial charge in [-0.2, -0.15) is 5.10 Å². The van der Waals surface area contributed by atoms with Crippen molar-refractivity contribution in [3.63, 3.8) is 0 Å². The first-order valence-corrected chi connectivity index (χ1v) is 7.10. The molecule has 1 heterocycles. The second-order valence-corrected chi connectivity index (χ2v) is 4.96. The lowest BCUT2D eigenvalue weighted by molar-refractivity contribution is 0.403. The maximum absolute atomic E-state index is 11.8. The first-order chi connectivity index (χ1) is 11.6. The van der Waals surface area contributed by atoms with E-state index in [0.29, 0.717) is 11.3 Å². The fourth-order valence-corrected chi connectivity index (χ4v) is 2.06. The minimum atomic E-state index is -0.302. The highest BCUT2D eigenvalue weighted by molar-refractivity contribution is 5.81. The van der Waals surface area contributed by atoms with Crippen molar-refractivity contribution >= 4 is 12.2 Å². The van der Waals surface area contributed by atoms with Gasteiger partial charge in [0.1, 0.15) is 0 Å². The van der Waals surface area contributed by atoms with Crippen LogP contribution in [0.3, 0.4) is 0 Å². The number of nitrogens with one attached hydrogen (secondary N) is 2. The monoisotopic (exact) mass is 322 g/mol. The van der Waals surface area contributed by atoms with E-state index in [2.05, 4.69) is 20.5 Å². The van der Waals surface area contributed by atoms with E-state index < -0.39 is 0 Å². The summed E-state index contributed by atoms with van der Waals surface area (Å²) >= 11 is 0. The van der Waals surface area contributed by atoms with E-state index in [9.17, 15) is 15.0 Å². The van der Waals surface area contributed by atoms with E-state index in [0.717, 1.165) is 5.56 Å². The standard InChI is InChI=1S/C17H14N4O3/c22-14-7-6-11(8-15(14)23)10-18-21-17-19-13(9-16(24)20-17)12-4-2-1-3-5-12/h1-10,22-23H,(H2,19,20,21,24)/b18-10-. The lowest BCUT2D eigenvalue weighted by Crippen LogP contribution is -2.10. The lowest BCUT2D eigenvalue weighted by atomic mass is 10.1. The summed E-state index contributed by atoms with van der Waals surface area (Å²) in [6, 6.07) is 15.0. The van der Waals surface area contributed by atoms with Gasteiger partial charge < -0.3 is 10.2 Å². The van der Waals surface area contributed by atoms with Crippen LogP contribution in [-0.2, 0) is 0 Å². The van der Waals surface area contributed by atoms with E-state index in [-0.39, 0.29) is 23.0 Å². The third-order valence-electron chi connectivity index (χ3n) is 3.19. The molecule has 0 unspecified atom stereocenters. The second-order valence-electron chi connectivity index (χ2n) is 4.96. The zero-order chi connectivity index (χ0) is 16.9. The normalized spacial score (nSPS) is 10.8. The molecule has 3 rings (SSSR count). The smallest absolute Gasteiger partial charge is 0.252 e. The summed E-state index contributed by atoms with van der Waals surface area (Å²) in [5.74, 6) is -0.251. The van der Waals surface area contributed by atoms with Crippen molar-refractivity contribution in [1.29, 1.82) is 0 Å². The predicted octanol–water partition coefficient (Wildman–Crippen LogP) is 2.29. The Morgan fingerprint density at radius 3 is 2.58 bits per heavy atom. The predicted molar refractivity (Wildman–Crippen MR) is 91.3 cm³/mol. The molecule has 7 heteroatoms. The van der Waals surface area contributed by atoms with Gasteiger partial charge in [-0.05, 0) is 23.8 Å². The molecule has 0 aliphatic carbocycles. The van der Waals surface area contributed by atoms with Crippen molar-refractivity contribution in [2.75, 3.05) is 5.43 Å². The number of phenolic OH excluding ortho intramolecular Hbond substituents is 2. The summed E-state index contributed by atoms with van der Waals surface area (Å²) in [5.41, 5.74) is 4.25. The molecular formula is C17H14N4O3. The Morgan fingerprint density at radius 1 is 1.04 bits per heavy atom. The number of hydrogen-bond donors (Lipinski definition) is 4. The van der Waals surface area contributed by atoms with Crippen LogP contribution < -0.4 is 11.0 Å². The van der Waals surface area contributed by atoms with Crippen LogP contribution in [0.1, 0.15) is 5.56 Å². The number of benzene rings is 2. The number of aromatic amines is 1. The van der Waals surface area contributed by atoms with Gasteiger partial charge in [-0.25, -0.2) is 10.4 Å². The maximum Gasteiger partial charge on any atom is 0.252 e. The number of H-pyrrole nitrogens is 1. The number of aromatic nitrogens is 2. The highest BCUT2D eigenvalue weighted by atomic mass is 16.3. The first kappa shape index (κ1) is 15.3. The molecule has 0 saturated heterocycles. The molecule has 7 nitrogen and oxygen atoms in total. The minimum absolute atomic E-state index is 0.195. The summed E-state index contributed by atoms with van der Waals surface area (Å²) in [7, 11) is 0. The minimum Gasteiger partial charge on any atom is -0.504 e. The Kier molecular flexibility index (Phi) is 4.24. The summed E-state index contributed by atoms with van der Waals surface area (Å²) in [6.07, 6.45) is 1.42. The summed E-state index contributed by atoms with van der Waals surface area (Å²) in [6.45, 7) is 0. The zero-order valence-electron chi connectivity index (χ0n) is 12.5. The van der Waals surface area contributed by atoms with Gasteiger partial charge in [-0.3, -0.25) is 9.78 Å². The van der Waals surface area contributed by atoms with Gasteiger partial charge in [-0.1, -0.05) is 30.3 Å². The summed E-state index contributed by atoms with van der Waals surface area (Å²) in [4.78, 5) is 18.6. The molecule has 4 N–H and O–H groups in total. The molecule has 0 amide bonds. The molecule has 24 heavy (non-hydrogen) atoms. The highest BCUT2D eigenvalue weighted by Crippen LogP contribution is 2.24. The molecule has 0 aliphatic rings. The summed E-state index contributed by atoms with van der Waals surface area (Å²) < 4.78 is 0. The number of hydrogen-bond acceptors (Lipinski definition) is 6. The molecule has 1 aromatic heterocycles. The average molecular weight is 322 g/mol. The number of rotatable bonds is 4. The molecule has 2 aromatic carbocycles. The van der Waals surface area contributed by atoms with Gasteiger partial charge in [0.15, 0.2) is 11.5 Å². The van der Waals surface area contributed by atoms with Crippen molar-refractivity contribution in [1.82, 2.24) is 9.97 Å². The number of anilines is 1. The van der Waals surface area contributed by atoms with Crippen LogP contribution in [0.4, 0.5) is 5.95 Å². The Bertz CT molecular complexity index is 936. The van der Waals surface area contributed by atoms with E-state index in [4.69, 9.17) is 0 Å². The topological polar surface area (TPSA) is 111 Å². The third kappa shape index (κ3) is 3.58. The van der Waals surface area contributed by atoms with E-state index in [1.54, 1.807) is 6.07 Å². The molecular weight excluding hydrogens is 308 g/mol. The lowest BCUT2D eigenvalue weighted by Gasteiger charge is -2.03. The Balaban J connectivity index is 1.80. The van der Waals surface area contributed by atoms with E-state index in [1.165, 1.54) is 24.4 Å². The fraction of sp³-hybridized carbons (Fsp3) is 0. The van der Waals surface area contributed by atoms with Crippen molar-refractivity contribution < 1.29 is 10.2 Å². The Morgan fingerprint density at radius 2 is 1.83 bits per heavy atom. The van der Waals surface area contributed by atoms with Crippen LogP contribution >= 0.6 is 0 Å². The molecule has 0 bridgehead atoms. The molecule has 120 valence electrons. The van der Waals surface area contributed by atoms with Crippen LogP contribution in [0.15, 0.2) is 64.5 Å². The van der Waals surface area contributed by atoms with E-state index >= 15 is 0 Å². The first-order valence-electron chi connectivity index (χ1n) is 7.10. The molecule has 0 aliphatic heterocycles. The van der Waals surface area contributed by atoms with Gasteiger partial charge >= 0.3 is 0 Å². The molecule has 0 saturated carbocycles. The van der Waals surface area contributed by atoms with Gasteiger partial charge in [0, 0.05) is 11.6 Å². The number of hydrazone groups is 1. The van der Waals surface area contributed by atoms with Crippen molar-refractivity contribution in [2.45, 2.75) is 0 Å². The molecule has 0 fully saturated rings. The SMILES string of the molecule is O=c1cc(-c2ccccc2)nc(N/N=C\c2ccc(O)c(O)c2)[nH]1. The molecule has 3 aromatic rings. The van der Waals surface area contributed by atoms with Gasteiger partial charge in [0.25, 0.3) is 5.56 Å². The number of aromatic hydroxyl groups is 2. The molecule has 0 spiro atoms. The van der Waals surface area contributed by atoms with Gasteiger partial charge in [0.05, 0.1) is 11.9 Å². The van der Waals surface area contributed by atoms with Crippen molar-refractivity contribution in [3.05, 3.63) is 70.5 Å². The van der Waals surface area contributed by atoms with Crippen LogP contribution in [0.5, 0.6) is 11.5 Å². The van der Waals surface area contributed by atoms with Gasteiger partial charge in [0.2, 0.25) is 5.95 Å². The molecule has 0 radical (unpaired) electrons. The fourth-order valence-electron chi connectivity index (χ4n) is 2.06. The Labute approximate surface area is 137 Å². The number of nitrogens with zero attached hydrogens (tertiary/aromatic N) is 2. The maximum atomic E-state index is 11.8. The highest BCUT2D eigenvalue weighted by Gasteiger charge is 2.03. The second kappa shape index (κ2) is 6.66. The van der Waals surface area contributed by atoms with Crippen molar-refractivity contribution in [3.8, 4) is 22.8 Å². The zero-order valence-corrected chi connectivity index (χ0v) is 12.5. The van der Waals surface area contributed by atoms with Crippen LogP contribution in [0, 0.1) is 0 Å². The van der Waals surface area contributed by atoms with Crippen molar-refractivity contribution in [2.24, 2.45) is 5.10 Å². The largest absolute Gasteiger partial charge is 0.504 e. The average Bonchev–Trinajstić information content (AvgIpc) is 2.58. The van der Waals surface area contributed by atoms with E-state index in [1.807, 2.05) is 30.3 Å². The quantitative estimate of drug-likeness (QED) is 0.335. The van der Waals surface area contributed by atoms with Gasteiger partial charge in [-0.15, -0.1) is 0 Å². The third-order valence-corrected chi connectivity index (χ3v) is 3.19. The summed E-state index contributed by atoms with van der Waals surface area (Å²) in [5, 5.41) is 22.6. The van der Waals surface area contributed by atoms with Crippen LogP contribution in [0.25, 0.3) is 11.3 Å². The molecule has 0 atom stereocenters. The Hall–Kier alpha value is -3.61.